The van der Waals surface area contributed by atoms with Gasteiger partial charge in [0, 0.05) is 6.54 Å². The van der Waals surface area contributed by atoms with Crippen LogP contribution in [0.1, 0.15) is 13.3 Å². The van der Waals surface area contributed by atoms with Crippen LogP contribution in [0.4, 0.5) is 0 Å². The molecule has 4 nitrogen and oxygen atoms in total. The molecular weight excluding hydrogens is 238 g/mol. The fourth-order valence-electron chi connectivity index (χ4n) is 1.28. The number of allylic oxidation sites excluding steroid dienone is 1. The number of methoxy groups -OCH3 is 1. The van der Waals surface area contributed by atoms with Crippen molar-refractivity contribution in [1.82, 2.24) is 4.72 Å². The van der Waals surface area contributed by atoms with Gasteiger partial charge in [0.15, 0.2) is 0 Å². The minimum absolute atomic E-state index is 0.249. The molecule has 1 N–H and O–H groups in total. The van der Waals surface area contributed by atoms with Gasteiger partial charge in [-0.2, -0.15) is 0 Å². The van der Waals surface area contributed by atoms with Gasteiger partial charge in [-0.25, -0.2) is 13.1 Å². The van der Waals surface area contributed by atoms with Crippen LogP contribution in [-0.4, -0.2) is 22.1 Å². The van der Waals surface area contributed by atoms with Crippen molar-refractivity contribution in [1.29, 1.82) is 0 Å². The SMILES string of the molecule is C/C=C/CCNS(=O)(=O)c1ccc(OC)cc1. The second-order valence-corrected chi connectivity index (χ2v) is 5.20. The van der Waals surface area contributed by atoms with E-state index in [-0.39, 0.29) is 4.90 Å². The zero-order valence-electron chi connectivity index (χ0n) is 10.0. The normalized spacial score (nSPS) is 11.9. The molecule has 0 saturated carbocycles. The minimum atomic E-state index is -3.41. The summed E-state index contributed by atoms with van der Waals surface area (Å²) in [6.45, 7) is 2.30. The van der Waals surface area contributed by atoms with Crippen LogP contribution in [0.3, 0.4) is 0 Å². The van der Waals surface area contributed by atoms with Crippen LogP contribution in [0.25, 0.3) is 0 Å². The predicted octanol–water partition coefficient (Wildman–Crippen LogP) is 1.94. The second-order valence-electron chi connectivity index (χ2n) is 3.43. The summed E-state index contributed by atoms with van der Waals surface area (Å²) in [6, 6.07) is 6.30. The van der Waals surface area contributed by atoms with E-state index >= 15 is 0 Å². The Hall–Kier alpha value is -1.33. The lowest BCUT2D eigenvalue weighted by molar-refractivity contribution is 0.414. The Kier molecular flexibility index (Phi) is 5.18. The first kappa shape index (κ1) is 13.7. The molecule has 0 aromatic heterocycles. The first-order valence-electron chi connectivity index (χ1n) is 5.35. The molecule has 0 atom stereocenters. The van der Waals surface area contributed by atoms with Crippen LogP contribution in [0.5, 0.6) is 5.75 Å². The van der Waals surface area contributed by atoms with Crippen molar-refractivity contribution in [3.63, 3.8) is 0 Å². The van der Waals surface area contributed by atoms with E-state index in [4.69, 9.17) is 4.74 Å². The van der Waals surface area contributed by atoms with Crippen LogP contribution >= 0.6 is 0 Å². The third kappa shape index (κ3) is 4.20. The molecule has 1 aromatic carbocycles. The van der Waals surface area contributed by atoms with E-state index in [0.717, 1.165) is 0 Å². The Balaban J connectivity index is 2.68. The molecule has 0 spiro atoms. The summed E-state index contributed by atoms with van der Waals surface area (Å²) in [5, 5.41) is 0. The molecule has 0 aliphatic carbocycles. The highest BCUT2D eigenvalue weighted by atomic mass is 32.2. The Bertz CT molecular complexity index is 463. The summed E-state index contributed by atoms with van der Waals surface area (Å²) in [5.41, 5.74) is 0. The van der Waals surface area contributed by atoms with E-state index in [0.29, 0.717) is 18.7 Å². The molecule has 1 aromatic rings. The quantitative estimate of drug-likeness (QED) is 0.624. The number of hydrogen-bond acceptors (Lipinski definition) is 3. The zero-order valence-corrected chi connectivity index (χ0v) is 10.8. The molecule has 0 heterocycles. The highest BCUT2D eigenvalue weighted by Crippen LogP contribution is 2.15. The third-order valence-corrected chi connectivity index (χ3v) is 3.69. The molecule has 0 bridgehead atoms. The standard InChI is InChI=1S/C12H17NO3S/c1-3-4-5-10-13-17(14,15)12-8-6-11(16-2)7-9-12/h3-4,6-9,13H,5,10H2,1-2H3/b4-3+. The van der Waals surface area contributed by atoms with E-state index in [1.807, 2.05) is 19.1 Å². The average molecular weight is 255 g/mol. The van der Waals surface area contributed by atoms with Gasteiger partial charge < -0.3 is 4.74 Å². The Labute approximate surface area is 102 Å². The maximum atomic E-state index is 11.8. The Morgan fingerprint density at radius 2 is 1.94 bits per heavy atom. The Morgan fingerprint density at radius 3 is 2.47 bits per heavy atom. The number of sulfonamides is 1. The predicted molar refractivity (Wildman–Crippen MR) is 67.6 cm³/mol. The van der Waals surface area contributed by atoms with Gasteiger partial charge in [0.1, 0.15) is 5.75 Å². The molecule has 5 heteroatoms. The molecule has 94 valence electrons. The summed E-state index contributed by atoms with van der Waals surface area (Å²) in [4.78, 5) is 0.249. The fourth-order valence-corrected chi connectivity index (χ4v) is 2.33. The smallest absolute Gasteiger partial charge is 0.240 e. The first-order valence-corrected chi connectivity index (χ1v) is 6.83. The van der Waals surface area contributed by atoms with E-state index in [2.05, 4.69) is 4.72 Å². The summed E-state index contributed by atoms with van der Waals surface area (Å²) < 4.78 is 31.1. The summed E-state index contributed by atoms with van der Waals surface area (Å²) in [7, 11) is -1.86. The van der Waals surface area contributed by atoms with Gasteiger partial charge in [-0.15, -0.1) is 0 Å². The minimum Gasteiger partial charge on any atom is -0.497 e. The van der Waals surface area contributed by atoms with Crippen molar-refractivity contribution in [3.05, 3.63) is 36.4 Å². The van der Waals surface area contributed by atoms with Gasteiger partial charge >= 0.3 is 0 Å². The van der Waals surface area contributed by atoms with E-state index in [9.17, 15) is 8.42 Å². The maximum Gasteiger partial charge on any atom is 0.240 e. The third-order valence-electron chi connectivity index (χ3n) is 2.21. The van der Waals surface area contributed by atoms with Crippen LogP contribution in [-0.2, 0) is 10.0 Å². The molecule has 0 radical (unpaired) electrons. The number of nitrogens with one attached hydrogen (secondary N) is 1. The highest BCUT2D eigenvalue weighted by molar-refractivity contribution is 7.89. The van der Waals surface area contributed by atoms with E-state index < -0.39 is 10.0 Å². The van der Waals surface area contributed by atoms with Crippen molar-refractivity contribution in [2.24, 2.45) is 0 Å². The summed E-state index contributed by atoms with van der Waals surface area (Å²) in [6.07, 6.45) is 4.49. The van der Waals surface area contributed by atoms with Crippen molar-refractivity contribution in [2.45, 2.75) is 18.2 Å². The Morgan fingerprint density at radius 1 is 1.29 bits per heavy atom. The monoisotopic (exact) mass is 255 g/mol. The van der Waals surface area contributed by atoms with Crippen LogP contribution < -0.4 is 9.46 Å². The molecule has 0 amide bonds. The van der Waals surface area contributed by atoms with Gasteiger partial charge in [-0.05, 0) is 37.6 Å². The highest BCUT2D eigenvalue weighted by Gasteiger charge is 2.12. The summed E-state index contributed by atoms with van der Waals surface area (Å²) >= 11 is 0. The molecule has 1 rings (SSSR count). The first-order chi connectivity index (χ1) is 8.10. The lowest BCUT2D eigenvalue weighted by Crippen LogP contribution is -2.24. The lowest BCUT2D eigenvalue weighted by atomic mass is 10.3. The number of ether oxygens (including phenoxy) is 1. The van der Waals surface area contributed by atoms with Gasteiger partial charge in [-0.1, -0.05) is 12.2 Å². The van der Waals surface area contributed by atoms with Crippen LogP contribution in [0, 0.1) is 0 Å². The largest absolute Gasteiger partial charge is 0.497 e. The van der Waals surface area contributed by atoms with E-state index in [1.165, 1.54) is 12.1 Å². The summed E-state index contributed by atoms with van der Waals surface area (Å²) in [5.74, 6) is 0.637. The molecular formula is C12H17NO3S. The maximum absolute atomic E-state index is 11.8. The van der Waals surface area contributed by atoms with Crippen LogP contribution in [0.2, 0.25) is 0 Å². The van der Waals surface area contributed by atoms with Gasteiger partial charge in [0.2, 0.25) is 10.0 Å². The number of rotatable bonds is 6. The second kappa shape index (κ2) is 6.42. The van der Waals surface area contributed by atoms with Crippen molar-refractivity contribution < 1.29 is 13.2 Å². The van der Waals surface area contributed by atoms with Gasteiger partial charge in [0.05, 0.1) is 12.0 Å². The topological polar surface area (TPSA) is 55.4 Å². The molecule has 0 saturated heterocycles. The van der Waals surface area contributed by atoms with Crippen LogP contribution in [0.15, 0.2) is 41.3 Å². The molecule has 0 unspecified atom stereocenters. The molecule has 0 aliphatic rings. The van der Waals surface area contributed by atoms with E-state index in [1.54, 1.807) is 19.2 Å². The van der Waals surface area contributed by atoms with Crippen molar-refractivity contribution >= 4 is 10.0 Å². The van der Waals surface area contributed by atoms with Gasteiger partial charge in [-0.3, -0.25) is 0 Å². The zero-order chi connectivity index (χ0) is 12.7. The molecule has 0 aliphatic heterocycles. The molecule has 0 fully saturated rings. The average Bonchev–Trinajstić information content (AvgIpc) is 2.35. The van der Waals surface area contributed by atoms with Gasteiger partial charge in [0.25, 0.3) is 0 Å². The fraction of sp³-hybridized carbons (Fsp3) is 0.333. The lowest BCUT2D eigenvalue weighted by Gasteiger charge is -2.06. The number of hydrogen-bond donors (Lipinski definition) is 1. The van der Waals surface area contributed by atoms with Crippen molar-refractivity contribution in [3.8, 4) is 5.75 Å². The number of benzene rings is 1. The molecule has 17 heavy (non-hydrogen) atoms. The van der Waals surface area contributed by atoms with Crippen molar-refractivity contribution in [2.75, 3.05) is 13.7 Å².